The number of hydrogen-bond donors (Lipinski definition) is 1. The number of methoxy groups -OCH3 is 1. The summed E-state index contributed by atoms with van der Waals surface area (Å²) < 4.78 is 5.52. The van der Waals surface area contributed by atoms with E-state index in [4.69, 9.17) is 4.74 Å². The Morgan fingerprint density at radius 2 is 1.81 bits per heavy atom. The van der Waals surface area contributed by atoms with Gasteiger partial charge in [0.1, 0.15) is 11.6 Å². The molecule has 4 heteroatoms. The lowest BCUT2D eigenvalue weighted by atomic mass is 9.83. The topological polar surface area (TPSA) is 63.6 Å². The number of Topliss-reactive ketones (excluding diaryl/α,β-unsaturated/α-hetero) is 2. The van der Waals surface area contributed by atoms with Crippen LogP contribution in [0.5, 0.6) is 0 Å². The highest BCUT2D eigenvalue weighted by Gasteiger charge is 2.22. The summed E-state index contributed by atoms with van der Waals surface area (Å²) in [7, 11) is 1.81. The monoisotopic (exact) mass is 514 g/mol. The molecule has 0 aliphatic heterocycles. The highest BCUT2D eigenvalue weighted by atomic mass is 16.5. The van der Waals surface area contributed by atoms with E-state index in [1.165, 1.54) is 31.3 Å². The van der Waals surface area contributed by atoms with Gasteiger partial charge in [-0.2, -0.15) is 0 Å². The highest BCUT2D eigenvalue weighted by Crippen LogP contribution is 2.30. The van der Waals surface area contributed by atoms with Crippen molar-refractivity contribution in [3.63, 3.8) is 0 Å². The van der Waals surface area contributed by atoms with E-state index in [1.54, 1.807) is 0 Å². The van der Waals surface area contributed by atoms with E-state index >= 15 is 0 Å². The first-order valence-corrected chi connectivity index (χ1v) is 14.6. The van der Waals surface area contributed by atoms with E-state index in [2.05, 4.69) is 26.0 Å². The molecular formula is C33H54O4. The van der Waals surface area contributed by atoms with Gasteiger partial charge in [-0.3, -0.25) is 9.59 Å². The Morgan fingerprint density at radius 3 is 2.51 bits per heavy atom. The van der Waals surface area contributed by atoms with Gasteiger partial charge in [0.15, 0.2) is 0 Å². The fraction of sp³-hybridized carbons (Fsp3) is 0.697. The molecule has 37 heavy (non-hydrogen) atoms. The lowest BCUT2D eigenvalue weighted by Gasteiger charge is -2.28. The molecule has 0 saturated heterocycles. The molecule has 1 N–H and O–H groups in total. The Bertz CT molecular complexity index is 788. The zero-order valence-corrected chi connectivity index (χ0v) is 24.5. The van der Waals surface area contributed by atoms with Crippen LogP contribution in [-0.2, 0) is 14.3 Å². The summed E-state index contributed by atoms with van der Waals surface area (Å²) in [6.07, 6.45) is 23.1. The Balaban J connectivity index is 2.33. The van der Waals surface area contributed by atoms with Crippen LogP contribution in [0.15, 0.2) is 47.6 Å². The Labute approximate surface area is 227 Å². The predicted octanol–water partition coefficient (Wildman–Crippen LogP) is 8.11. The Kier molecular flexibility index (Phi) is 17.4. The molecule has 1 rings (SSSR count). The van der Waals surface area contributed by atoms with Crippen molar-refractivity contribution in [1.29, 1.82) is 0 Å². The molecule has 1 aliphatic rings. The summed E-state index contributed by atoms with van der Waals surface area (Å²) in [4.78, 5) is 25.2. The third-order valence-corrected chi connectivity index (χ3v) is 7.91. The summed E-state index contributed by atoms with van der Waals surface area (Å²) in [5.41, 5.74) is 2.06. The summed E-state index contributed by atoms with van der Waals surface area (Å²) in [6.45, 7) is 9.90. The molecule has 0 radical (unpaired) electrons. The van der Waals surface area contributed by atoms with Crippen molar-refractivity contribution in [2.75, 3.05) is 7.11 Å². The van der Waals surface area contributed by atoms with Gasteiger partial charge < -0.3 is 9.84 Å². The first-order valence-electron chi connectivity index (χ1n) is 14.6. The number of carbonyl (C=O) groups excluding carboxylic acids is 2. The molecule has 210 valence electrons. The molecule has 4 nitrogen and oxygen atoms in total. The molecule has 0 spiro atoms. The summed E-state index contributed by atoms with van der Waals surface area (Å²) >= 11 is 0. The SMILES string of the molecule is CC/C(C)=C/C=C/C=C/CC[C@@H](C)C(=O)C[C@H](O)/C(C)=C/[C@@H](C)C(=O)CCCC[C@@H]1CCC[C@H](OC)C1. The zero-order chi connectivity index (χ0) is 27.6. The molecule has 1 aliphatic carbocycles. The van der Waals surface area contributed by atoms with Crippen LogP contribution in [0.3, 0.4) is 0 Å². The van der Waals surface area contributed by atoms with E-state index in [9.17, 15) is 14.7 Å². The van der Waals surface area contributed by atoms with E-state index in [0.29, 0.717) is 12.5 Å². The minimum Gasteiger partial charge on any atom is -0.388 e. The van der Waals surface area contributed by atoms with E-state index < -0.39 is 6.10 Å². The molecule has 0 aromatic rings. The van der Waals surface area contributed by atoms with Crippen LogP contribution in [0.2, 0.25) is 0 Å². The average molecular weight is 515 g/mol. The van der Waals surface area contributed by atoms with Gasteiger partial charge in [-0.1, -0.05) is 88.5 Å². The second-order valence-corrected chi connectivity index (χ2v) is 11.1. The van der Waals surface area contributed by atoms with Crippen molar-refractivity contribution in [1.82, 2.24) is 0 Å². The maximum absolute atomic E-state index is 12.6. The van der Waals surface area contributed by atoms with E-state index in [-0.39, 0.29) is 29.8 Å². The fourth-order valence-electron chi connectivity index (χ4n) is 4.91. The molecule has 0 unspecified atom stereocenters. The Hall–Kier alpha value is -1.78. The van der Waals surface area contributed by atoms with Crippen molar-refractivity contribution in [2.45, 2.75) is 124 Å². The minimum absolute atomic E-state index is 0.0723. The van der Waals surface area contributed by atoms with Gasteiger partial charge in [-0.15, -0.1) is 0 Å². The zero-order valence-electron chi connectivity index (χ0n) is 24.5. The van der Waals surface area contributed by atoms with Gasteiger partial charge in [0.05, 0.1) is 12.2 Å². The summed E-state index contributed by atoms with van der Waals surface area (Å²) in [5.74, 6) is 0.687. The fourth-order valence-corrected chi connectivity index (χ4v) is 4.91. The smallest absolute Gasteiger partial charge is 0.139 e. The number of rotatable bonds is 18. The highest BCUT2D eigenvalue weighted by molar-refractivity contribution is 5.83. The maximum Gasteiger partial charge on any atom is 0.139 e. The second kappa shape index (κ2) is 19.3. The van der Waals surface area contributed by atoms with Gasteiger partial charge in [0, 0.05) is 31.8 Å². The lowest BCUT2D eigenvalue weighted by molar-refractivity contribution is -0.124. The second-order valence-electron chi connectivity index (χ2n) is 11.1. The molecule has 0 aromatic carbocycles. The molecule has 0 heterocycles. The number of ether oxygens (including phenoxy) is 1. The van der Waals surface area contributed by atoms with E-state index in [1.807, 2.05) is 52.2 Å². The van der Waals surface area contributed by atoms with Crippen molar-refractivity contribution >= 4 is 11.6 Å². The standard InChI is InChI=1S/C33H54O4/c1-7-25(2)16-11-9-8-10-12-17-26(3)32(35)24-33(36)28(5)22-27(4)31(34)21-14-13-18-29-19-15-20-30(23-29)37-6/h8-11,16,22,26-27,29-30,33,36H,7,12-15,17-21,23-24H2,1-6H3/b10-8+,11-9+,25-16+,28-22+/t26-,27-,29-,30+,33+/m1/s1. The molecule has 5 atom stereocenters. The summed E-state index contributed by atoms with van der Waals surface area (Å²) in [6, 6.07) is 0. The number of ketones is 2. The molecular weight excluding hydrogens is 460 g/mol. The van der Waals surface area contributed by atoms with Crippen molar-refractivity contribution in [3.05, 3.63) is 47.6 Å². The number of unbranched alkanes of at least 4 members (excludes halogenated alkanes) is 1. The molecule has 0 aromatic heterocycles. The minimum atomic E-state index is -0.822. The molecule has 0 amide bonds. The van der Waals surface area contributed by atoms with Crippen molar-refractivity contribution < 1.29 is 19.4 Å². The molecule has 1 saturated carbocycles. The lowest BCUT2D eigenvalue weighted by Crippen LogP contribution is -2.21. The van der Waals surface area contributed by atoms with Crippen LogP contribution in [-0.4, -0.2) is 36.0 Å². The van der Waals surface area contributed by atoms with E-state index in [0.717, 1.165) is 50.0 Å². The van der Waals surface area contributed by atoms with Crippen LogP contribution in [0.25, 0.3) is 0 Å². The van der Waals surface area contributed by atoms with Crippen LogP contribution >= 0.6 is 0 Å². The van der Waals surface area contributed by atoms with Gasteiger partial charge >= 0.3 is 0 Å². The van der Waals surface area contributed by atoms with Gasteiger partial charge in [-0.25, -0.2) is 0 Å². The molecule has 1 fully saturated rings. The number of carbonyl (C=O) groups is 2. The van der Waals surface area contributed by atoms with Crippen LogP contribution in [0.1, 0.15) is 112 Å². The predicted molar refractivity (Wildman–Crippen MR) is 156 cm³/mol. The van der Waals surface area contributed by atoms with Crippen molar-refractivity contribution in [3.8, 4) is 0 Å². The van der Waals surface area contributed by atoms with Gasteiger partial charge in [-0.05, 0) is 63.9 Å². The Morgan fingerprint density at radius 1 is 1.05 bits per heavy atom. The largest absolute Gasteiger partial charge is 0.388 e. The van der Waals surface area contributed by atoms with Crippen LogP contribution in [0, 0.1) is 17.8 Å². The number of aliphatic hydroxyl groups excluding tert-OH is 1. The van der Waals surface area contributed by atoms with Crippen LogP contribution < -0.4 is 0 Å². The summed E-state index contributed by atoms with van der Waals surface area (Å²) in [5, 5.41) is 10.6. The number of aliphatic hydroxyl groups is 1. The third-order valence-electron chi connectivity index (χ3n) is 7.91. The first kappa shape index (κ1) is 33.2. The van der Waals surface area contributed by atoms with Gasteiger partial charge in [0.25, 0.3) is 0 Å². The first-order chi connectivity index (χ1) is 17.7. The number of hydrogen-bond acceptors (Lipinski definition) is 4. The van der Waals surface area contributed by atoms with Crippen LogP contribution in [0.4, 0.5) is 0 Å². The molecule has 0 bridgehead atoms. The van der Waals surface area contributed by atoms with Crippen molar-refractivity contribution in [2.24, 2.45) is 17.8 Å². The third kappa shape index (κ3) is 14.7. The quantitative estimate of drug-likeness (QED) is 0.114. The normalized spacial score (nSPS) is 21.9. The average Bonchev–Trinajstić information content (AvgIpc) is 2.89. The van der Waals surface area contributed by atoms with Gasteiger partial charge in [0.2, 0.25) is 0 Å². The number of allylic oxidation sites excluding steroid dienone is 7. The maximum atomic E-state index is 12.6.